The fraction of sp³-hybridized carbons (Fsp3) is 0.125. The topological polar surface area (TPSA) is 46.3 Å². The molecule has 3 rings (SSSR count). The van der Waals surface area contributed by atoms with Gasteiger partial charge in [-0.25, -0.2) is 4.39 Å². The number of rotatable bonds is 7. The van der Waals surface area contributed by atoms with E-state index in [0.29, 0.717) is 25.2 Å². The van der Waals surface area contributed by atoms with Crippen LogP contribution in [0, 0.1) is 5.82 Å². The van der Waals surface area contributed by atoms with Gasteiger partial charge in [0.25, 0.3) is 5.91 Å². The summed E-state index contributed by atoms with van der Waals surface area (Å²) in [5.41, 5.74) is 9.38. The number of hydrogen-bond donors (Lipinski definition) is 1. The number of carbonyl (C=O) groups is 1. The minimum atomic E-state index is -0.364. The van der Waals surface area contributed by atoms with Crippen LogP contribution >= 0.6 is 0 Å². The van der Waals surface area contributed by atoms with Crippen LogP contribution in [0.3, 0.4) is 0 Å². The highest BCUT2D eigenvalue weighted by atomic mass is 19.1. The van der Waals surface area contributed by atoms with E-state index in [2.05, 4.69) is 0 Å². The molecule has 0 heterocycles. The zero-order valence-corrected chi connectivity index (χ0v) is 15.6. The lowest BCUT2D eigenvalue weighted by atomic mass is 9.97. The van der Waals surface area contributed by atoms with Crippen LogP contribution in [0.4, 0.5) is 4.39 Å². The quantitative estimate of drug-likeness (QED) is 0.668. The van der Waals surface area contributed by atoms with Crippen LogP contribution in [0.15, 0.2) is 91.0 Å². The van der Waals surface area contributed by atoms with Crippen LogP contribution in [0.5, 0.6) is 0 Å². The third-order valence-corrected chi connectivity index (χ3v) is 4.46. The van der Waals surface area contributed by atoms with E-state index < -0.39 is 0 Å². The first kappa shape index (κ1) is 19.5. The van der Waals surface area contributed by atoms with E-state index in [9.17, 15) is 9.18 Å². The van der Waals surface area contributed by atoms with Crippen LogP contribution in [0.25, 0.3) is 5.57 Å². The van der Waals surface area contributed by atoms with Gasteiger partial charge >= 0.3 is 0 Å². The van der Waals surface area contributed by atoms with Crippen LogP contribution in [-0.4, -0.2) is 30.4 Å². The second-order valence-corrected chi connectivity index (χ2v) is 6.40. The number of nitrogens with two attached hydrogens (primary N) is 1. The second kappa shape index (κ2) is 9.62. The molecule has 0 aliphatic heterocycles. The van der Waals surface area contributed by atoms with Crippen LogP contribution in [-0.2, 0) is 0 Å². The van der Waals surface area contributed by atoms with Gasteiger partial charge in [0.2, 0.25) is 0 Å². The van der Waals surface area contributed by atoms with E-state index in [4.69, 9.17) is 5.73 Å². The summed E-state index contributed by atoms with van der Waals surface area (Å²) in [7, 11) is 0. The molecule has 0 radical (unpaired) electrons. The molecule has 0 fully saturated rings. The fourth-order valence-electron chi connectivity index (χ4n) is 3.05. The van der Waals surface area contributed by atoms with Crippen molar-refractivity contribution in [3.05, 3.63) is 114 Å². The molecular formula is C24H23FN2O. The molecule has 3 aromatic carbocycles. The molecule has 0 atom stereocenters. The lowest BCUT2D eigenvalue weighted by Crippen LogP contribution is -2.35. The summed E-state index contributed by atoms with van der Waals surface area (Å²) >= 11 is 0. The monoisotopic (exact) mass is 374 g/mol. The Kier molecular flexibility index (Phi) is 6.71. The van der Waals surface area contributed by atoms with Crippen molar-refractivity contribution < 1.29 is 9.18 Å². The molecule has 0 spiro atoms. The van der Waals surface area contributed by atoms with Gasteiger partial charge in [-0.3, -0.25) is 4.79 Å². The van der Waals surface area contributed by atoms with Gasteiger partial charge in [-0.15, -0.1) is 0 Å². The Balaban J connectivity index is 1.90. The maximum absolute atomic E-state index is 13.2. The Morgan fingerprint density at radius 1 is 0.821 bits per heavy atom. The Bertz CT molecular complexity index is 880. The number of halogens is 1. The van der Waals surface area contributed by atoms with E-state index in [1.54, 1.807) is 4.90 Å². The molecular weight excluding hydrogens is 351 g/mol. The van der Waals surface area contributed by atoms with Gasteiger partial charge in [0.05, 0.1) is 0 Å². The molecule has 0 aliphatic rings. The molecule has 1 amide bonds. The summed E-state index contributed by atoms with van der Waals surface area (Å²) in [5.74, 6) is -0.528. The molecule has 2 N–H and O–H groups in total. The Morgan fingerprint density at radius 2 is 1.36 bits per heavy atom. The molecule has 0 bridgehead atoms. The summed E-state index contributed by atoms with van der Waals surface area (Å²) in [4.78, 5) is 14.5. The van der Waals surface area contributed by atoms with Gasteiger partial charge in [-0.2, -0.15) is 0 Å². The molecule has 0 aliphatic carbocycles. The van der Waals surface area contributed by atoms with Crippen molar-refractivity contribution in [2.45, 2.75) is 0 Å². The Hall–Kier alpha value is -3.24. The van der Waals surface area contributed by atoms with E-state index in [1.807, 2.05) is 66.7 Å². The molecule has 28 heavy (non-hydrogen) atoms. The summed E-state index contributed by atoms with van der Waals surface area (Å²) in [6.45, 7) is 1.18. The second-order valence-electron chi connectivity index (χ2n) is 6.40. The van der Waals surface area contributed by atoms with Crippen molar-refractivity contribution in [3.8, 4) is 0 Å². The first-order chi connectivity index (χ1) is 13.7. The van der Waals surface area contributed by atoms with Gasteiger partial charge in [-0.1, -0.05) is 66.7 Å². The average Bonchev–Trinajstić information content (AvgIpc) is 2.75. The SMILES string of the molecule is NCCN(CC=C(c1ccccc1)c1ccccc1)C(=O)c1ccc(F)cc1. The molecule has 3 nitrogen and oxygen atoms in total. The average molecular weight is 374 g/mol. The predicted octanol–water partition coefficient (Wildman–Crippen LogP) is 4.36. The molecule has 4 heteroatoms. The first-order valence-electron chi connectivity index (χ1n) is 9.25. The molecule has 0 unspecified atom stereocenters. The van der Waals surface area contributed by atoms with Crippen molar-refractivity contribution >= 4 is 11.5 Å². The minimum absolute atomic E-state index is 0.165. The summed E-state index contributed by atoms with van der Waals surface area (Å²) in [6.07, 6.45) is 2.04. The lowest BCUT2D eigenvalue weighted by Gasteiger charge is -2.21. The Labute approximate surface area is 164 Å². The van der Waals surface area contributed by atoms with Gasteiger partial charge < -0.3 is 10.6 Å². The standard InChI is InChI=1S/C24H23FN2O/c25-22-13-11-21(12-14-22)24(28)27(18-16-26)17-15-23(19-7-3-1-4-8-19)20-9-5-2-6-10-20/h1-15H,16-18,26H2. The number of carbonyl (C=O) groups excluding carboxylic acids is 1. The van der Waals surface area contributed by atoms with Gasteiger partial charge in [0.15, 0.2) is 0 Å². The largest absolute Gasteiger partial charge is 0.334 e. The summed E-state index contributed by atoms with van der Waals surface area (Å²) in [5, 5.41) is 0. The normalized spacial score (nSPS) is 10.4. The fourth-order valence-corrected chi connectivity index (χ4v) is 3.05. The van der Waals surface area contributed by atoms with E-state index in [0.717, 1.165) is 16.7 Å². The molecule has 0 saturated carbocycles. The highest BCUT2D eigenvalue weighted by molar-refractivity contribution is 5.94. The zero-order chi connectivity index (χ0) is 19.8. The summed E-state index contributed by atoms with van der Waals surface area (Å²) in [6, 6.07) is 25.7. The van der Waals surface area contributed by atoms with Crippen LogP contribution in [0.1, 0.15) is 21.5 Å². The van der Waals surface area contributed by atoms with Crippen molar-refractivity contribution in [2.75, 3.05) is 19.6 Å². The molecule has 0 saturated heterocycles. The highest BCUT2D eigenvalue weighted by Gasteiger charge is 2.15. The lowest BCUT2D eigenvalue weighted by molar-refractivity contribution is 0.0778. The van der Waals surface area contributed by atoms with Crippen molar-refractivity contribution in [2.24, 2.45) is 5.73 Å². The summed E-state index contributed by atoms with van der Waals surface area (Å²) < 4.78 is 13.2. The van der Waals surface area contributed by atoms with Crippen molar-refractivity contribution in [3.63, 3.8) is 0 Å². The van der Waals surface area contributed by atoms with Crippen molar-refractivity contribution in [1.82, 2.24) is 4.90 Å². The minimum Gasteiger partial charge on any atom is -0.334 e. The molecule has 142 valence electrons. The van der Waals surface area contributed by atoms with Gasteiger partial charge in [-0.05, 0) is 41.0 Å². The number of amides is 1. The first-order valence-corrected chi connectivity index (χ1v) is 9.25. The molecule has 3 aromatic rings. The van der Waals surface area contributed by atoms with E-state index in [-0.39, 0.29) is 11.7 Å². The molecule has 0 aromatic heterocycles. The number of nitrogens with zero attached hydrogens (tertiary/aromatic N) is 1. The van der Waals surface area contributed by atoms with Crippen LogP contribution in [0.2, 0.25) is 0 Å². The third-order valence-electron chi connectivity index (χ3n) is 4.46. The van der Waals surface area contributed by atoms with Gasteiger partial charge in [0, 0.05) is 25.2 Å². The highest BCUT2D eigenvalue weighted by Crippen LogP contribution is 2.23. The predicted molar refractivity (Wildman–Crippen MR) is 111 cm³/mol. The smallest absolute Gasteiger partial charge is 0.254 e. The number of benzene rings is 3. The number of hydrogen-bond acceptors (Lipinski definition) is 2. The van der Waals surface area contributed by atoms with Gasteiger partial charge in [0.1, 0.15) is 5.82 Å². The van der Waals surface area contributed by atoms with E-state index in [1.165, 1.54) is 24.3 Å². The maximum atomic E-state index is 13.2. The Morgan fingerprint density at radius 3 is 1.86 bits per heavy atom. The third kappa shape index (κ3) is 4.93. The van der Waals surface area contributed by atoms with E-state index >= 15 is 0 Å². The van der Waals surface area contributed by atoms with Crippen LogP contribution < -0.4 is 5.73 Å². The van der Waals surface area contributed by atoms with Crippen molar-refractivity contribution in [1.29, 1.82) is 0 Å². The maximum Gasteiger partial charge on any atom is 0.254 e. The zero-order valence-electron chi connectivity index (χ0n) is 15.6.